The average Bonchev–Trinajstić information content (AvgIpc) is 3.13. The van der Waals surface area contributed by atoms with Crippen molar-refractivity contribution in [1.29, 1.82) is 0 Å². The highest BCUT2D eigenvalue weighted by atomic mass is 35.5. The molecule has 142 valence electrons. The topological polar surface area (TPSA) is 85.1 Å². The van der Waals surface area contributed by atoms with Crippen molar-refractivity contribution in [3.05, 3.63) is 73.9 Å². The monoisotopic (exact) mass is 395 g/mol. The lowest BCUT2D eigenvalue weighted by Crippen LogP contribution is -2.16. The molecule has 1 N–H and O–H groups in total. The molecule has 0 radical (unpaired) electrons. The van der Waals surface area contributed by atoms with Crippen LogP contribution in [0.25, 0.3) is 10.9 Å². The summed E-state index contributed by atoms with van der Waals surface area (Å²) < 4.78 is 0. The van der Waals surface area contributed by atoms with Crippen molar-refractivity contribution in [3.8, 4) is 0 Å². The largest absolute Gasteiger partial charge is 0.322 e. The summed E-state index contributed by atoms with van der Waals surface area (Å²) in [4.78, 5) is 28.8. The highest BCUT2D eigenvalue weighted by molar-refractivity contribution is 6.31. The lowest BCUT2D eigenvalue weighted by molar-refractivity contribution is -0.385. The number of pyridine rings is 1. The van der Waals surface area contributed by atoms with E-state index in [0.29, 0.717) is 33.6 Å². The number of nitrogens with one attached hydrogen (secondary N) is 1. The number of halogens is 1. The SMILES string of the molecule is CCc1ccc(NC(=O)c2c3c(nc4ccc(Cl)cc24)CCC3)cc1[N+](=O)[O-]. The minimum atomic E-state index is -0.423. The van der Waals surface area contributed by atoms with Crippen LogP contribution in [0, 0.1) is 10.1 Å². The van der Waals surface area contributed by atoms with E-state index in [0.717, 1.165) is 36.0 Å². The lowest BCUT2D eigenvalue weighted by atomic mass is 10.00. The van der Waals surface area contributed by atoms with Gasteiger partial charge in [0.15, 0.2) is 0 Å². The molecule has 1 amide bonds. The van der Waals surface area contributed by atoms with Crippen LogP contribution in [0.5, 0.6) is 0 Å². The normalized spacial score (nSPS) is 12.8. The lowest BCUT2D eigenvalue weighted by Gasteiger charge is -2.13. The summed E-state index contributed by atoms with van der Waals surface area (Å²) >= 11 is 6.16. The van der Waals surface area contributed by atoms with Crippen LogP contribution >= 0.6 is 11.6 Å². The van der Waals surface area contributed by atoms with Gasteiger partial charge in [0.1, 0.15) is 0 Å². The van der Waals surface area contributed by atoms with E-state index in [4.69, 9.17) is 11.6 Å². The predicted molar refractivity (Wildman–Crippen MR) is 109 cm³/mol. The fourth-order valence-electron chi connectivity index (χ4n) is 3.80. The molecule has 3 aromatic rings. The average molecular weight is 396 g/mol. The van der Waals surface area contributed by atoms with Crippen molar-refractivity contribution in [1.82, 2.24) is 4.98 Å². The summed E-state index contributed by atoms with van der Waals surface area (Å²) in [6.07, 6.45) is 3.11. The van der Waals surface area contributed by atoms with Crippen molar-refractivity contribution < 1.29 is 9.72 Å². The molecule has 0 fully saturated rings. The number of aromatic nitrogens is 1. The molecule has 2 aromatic carbocycles. The molecule has 1 aromatic heterocycles. The van der Waals surface area contributed by atoms with E-state index in [2.05, 4.69) is 10.3 Å². The molecular weight excluding hydrogens is 378 g/mol. The maximum Gasteiger partial charge on any atom is 0.274 e. The van der Waals surface area contributed by atoms with Gasteiger partial charge >= 0.3 is 0 Å². The third-order valence-corrected chi connectivity index (χ3v) is 5.36. The maximum absolute atomic E-state index is 13.2. The van der Waals surface area contributed by atoms with Gasteiger partial charge < -0.3 is 5.32 Å². The van der Waals surface area contributed by atoms with Crippen molar-refractivity contribution >= 4 is 39.8 Å². The second kappa shape index (κ2) is 7.20. The number of nitrogens with zero attached hydrogens (tertiary/aromatic N) is 2. The smallest absolute Gasteiger partial charge is 0.274 e. The predicted octanol–water partition coefficient (Wildman–Crippen LogP) is 5.10. The Balaban J connectivity index is 1.79. The highest BCUT2D eigenvalue weighted by Gasteiger charge is 2.24. The molecule has 0 saturated heterocycles. The van der Waals surface area contributed by atoms with Crippen LogP contribution in [0.1, 0.15) is 40.5 Å². The van der Waals surface area contributed by atoms with E-state index in [1.807, 2.05) is 13.0 Å². The van der Waals surface area contributed by atoms with Crippen LogP contribution in [0.2, 0.25) is 5.02 Å². The molecule has 1 aliphatic rings. The summed E-state index contributed by atoms with van der Waals surface area (Å²) in [5.74, 6) is -0.300. The van der Waals surface area contributed by atoms with E-state index in [1.165, 1.54) is 6.07 Å². The Labute approximate surface area is 166 Å². The highest BCUT2D eigenvalue weighted by Crippen LogP contribution is 2.32. The molecule has 0 aliphatic heterocycles. The van der Waals surface area contributed by atoms with Gasteiger partial charge in [-0.3, -0.25) is 19.9 Å². The van der Waals surface area contributed by atoms with E-state index >= 15 is 0 Å². The Morgan fingerprint density at radius 3 is 2.82 bits per heavy atom. The first-order chi connectivity index (χ1) is 13.5. The third kappa shape index (κ3) is 3.20. The number of benzene rings is 2. The first kappa shape index (κ1) is 18.4. The molecule has 1 heterocycles. The zero-order valence-corrected chi connectivity index (χ0v) is 16.0. The van der Waals surface area contributed by atoms with Gasteiger partial charge in [0.25, 0.3) is 11.6 Å². The second-order valence-electron chi connectivity index (χ2n) is 6.84. The Kier molecular flexibility index (Phi) is 4.73. The molecule has 6 nitrogen and oxygen atoms in total. The van der Waals surface area contributed by atoms with Gasteiger partial charge in [0.2, 0.25) is 0 Å². The molecule has 7 heteroatoms. The second-order valence-corrected chi connectivity index (χ2v) is 7.27. The fourth-order valence-corrected chi connectivity index (χ4v) is 3.97. The number of aryl methyl sites for hydroxylation is 2. The van der Waals surface area contributed by atoms with Crippen LogP contribution in [0.4, 0.5) is 11.4 Å². The van der Waals surface area contributed by atoms with Crippen LogP contribution < -0.4 is 5.32 Å². The fraction of sp³-hybridized carbons (Fsp3) is 0.238. The number of carbonyl (C=O) groups is 1. The van der Waals surface area contributed by atoms with E-state index < -0.39 is 4.92 Å². The van der Waals surface area contributed by atoms with Gasteiger partial charge in [-0.05, 0) is 55.5 Å². The Bertz CT molecular complexity index is 1130. The standard InChI is InChI=1S/C21H18ClN3O3/c1-2-12-6-8-14(11-19(12)25(27)28)23-21(26)20-15-4-3-5-17(15)24-18-9-7-13(22)10-16(18)20/h6-11H,2-5H2,1H3,(H,23,26). The van der Waals surface area contributed by atoms with Gasteiger partial charge in [-0.25, -0.2) is 0 Å². The number of fused-ring (bicyclic) bond motifs is 2. The number of nitro benzene ring substituents is 1. The molecule has 0 unspecified atom stereocenters. The van der Waals surface area contributed by atoms with Crippen LogP contribution in [-0.2, 0) is 19.3 Å². The maximum atomic E-state index is 13.2. The molecule has 28 heavy (non-hydrogen) atoms. The summed E-state index contributed by atoms with van der Waals surface area (Å²) in [7, 11) is 0. The molecule has 0 saturated carbocycles. The quantitative estimate of drug-likeness (QED) is 0.492. The van der Waals surface area contributed by atoms with Crippen molar-refractivity contribution in [2.75, 3.05) is 5.32 Å². The third-order valence-electron chi connectivity index (χ3n) is 5.12. The molecule has 0 spiro atoms. The van der Waals surface area contributed by atoms with Crippen molar-refractivity contribution in [2.24, 2.45) is 0 Å². The summed E-state index contributed by atoms with van der Waals surface area (Å²) in [5, 5.41) is 15.4. The van der Waals surface area contributed by atoms with Gasteiger partial charge in [-0.2, -0.15) is 0 Å². The Hall–Kier alpha value is -2.99. The minimum absolute atomic E-state index is 0.00756. The summed E-state index contributed by atoms with van der Waals surface area (Å²) in [6, 6.07) is 10.1. The Morgan fingerprint density at radius 1 is 1.25 bits per heavy atom. The van der Waals surface area contributed by atoms with Crippen LogP contribution in [-0.4, -0.2) is 15.8 Å². The van der Waals surface area contributed by atoms with Crippen LogP contribution in [0.15, 0.2) is 36.4 Å². The number of amides is 1. The summed E-state index contributed by atoms with van der Waals surface area (Å²) in [6.45, 7) is 1.86. The molecular formula is C21H18ClN3O3. The number of hydrogen-bond donors (Lipinski definition) is 1. The van der Waals surface area contributed by atoms with Crippen molar-refractivity contribution in [3.63, 3.8) is 0 Å². The molecule has 0 bridgehead atoms. The van der Waals surface area contributed by atoms with Gasteiger partial charge in [0, 0.05) is 33.4 Å². The first-order valence-corrected chi connectivity index (χ1v) is 9.55. The van der Waals surface area contributed by atoms with E-state index in [-0.39, 0.29) is 11.6 Å². The zero-order chi connectivity index (χ0) is 19.8. The van der Waals surface area contributed by atoms with Crippen molar-refractivity contribution in [2.45, 2.75) is 32.6 Å². The number of carbonyl (C=O) groups excluding carboxylic acids is 1. The van der Waals surface area contributed by atoms with Crippen LogP contribution in [0.3, 0.4) is 0 Å². The first-order valence-electron chi connectivity index (χ1n) is 9.17. The molecule has 4 rings (SSSR count). The number of rotatable bonds is 4. The number of anilines is 1. The molecule has 0 atom stereocenters. The Morgan fingerprint density at radius 2 is 2.07 bits per heavy atom. The summed E-state index contributed by atoms with van der Waals surface area (Å²) in [5.41, 5.74) is 4.19. The van der Waals surface area contributed by atoms with E-state index in [9.17, 15) is 14.9 Å². The van der Waals surface area contributed by atoms with Gasteiger partial charge in [-0.15, -0.1) is 0 Å². The minimum Gasteiger partial charge on any atom is -0.322 e. The van der Waals surface area contributed by atoms with E-state index in [1.54, 1.807) is 24.3 Å². The van der Waals surface area contributed by atoms with Gasteiger partial charge in [0.05, 0.1) is 16.0 Å². The molecule has 1 aliphatic carbocycles. The number of hydrogen-bond acceptors (Lipinski definition) is 4. The zero-order valence-electron chi connectivity index (χ0n) is 15.3. The number of nitro groups is 1. The van der Waals surface area contributed by atoms with Gasteiger partial charge in [-0.1, -0.05) is 24.6 Å².